The van der Waals surface area contributed by atoms with E-state index in [1.54, 1.807) is 11.1 Å². The van der Waals surface area contributed by atoms with Crippen LogP contribution in [0, 0.1) is 11.6 Å². The molecule has 2 aromatic carbocycles. The Kier molecular flexibility index (Phi) is 6.50. The topological polar surface area (TPSA) is 85.9 Å². The van der Waals surface area contributed by atoms with Crippen molar-refractivity contribution in [1.29, 1.82) is 0 Å². The van der Waals surface area contributed by atoms with Gasteiger partial charge < -0.3 is 20.7 Å². The molecule has 2 aliphatic heterocycles. The number of carbonyl (C=O) groups is 2. The Labute approximate surface area is 188 Å². The molecule has 0 unspecified atom stereocenters. The maximum absolute atomic E-state index is 14.2. The molecule has 170 valence electrons. The summed E-state index contributed by atoms with van der Waals surface area (Å²) in [6, 6.07) is 6.34. The van der Waals surface area contributed by atoms with Crippen LogP contribution in [0.25, 0.3) is 0 Å². The van der Waals surface area contributed by atoms with Crippen molar-refractivity contribution in [3.05, 3.63) is 52.6 Å². The lowest BCUT2D eigenvalue weighted by molar-refractivity contribution is -0.129. The van der Waals surface area contributed by atoms with Gasteiger partial charge >= 0.3 is 6.03 Å². The first-order chi connectivity index (χ1) is 15.4. The third kappa shape index (κ3) is 4.80. The lowest BCUT2D eigenvalue weighted by atomic mass is 10.1. The molecule has 3 amide bonds. The number of hydrogen-bond acceptors (Lipinski definition) is 5. The zero-order valence-electron chi connectivity index (χ0n) is 17.1. The Morgan fingerprint density at radius 3 is 2.84 bits per heavy atom. The summed E-state index contributed by atoms with van der Waals surface area (Å²) in [7, 11) is 0. The molecule has 1 saturated heterocycles. The molecule has 11 heteroatoms. The van der Waals surface area contributed by atoms with E-state index in [4.69, 9.17) is 16.3 Å². The molecule has 4 rings (SSSR count). The van der Waals surface area contributed by atoms with Crippen LogP contribution in [0.1, 0.15) is 12.0 Å². The molecule has 1 fully saturated rings. The van der Waals surface area contributed by atoms with Gasteiger partial charge in [0.2, 0.25) is 0 Å². The highest BCUT2D eigenvalue weighted by molar-refractivity contribution is 6.33. The third-order valence-electron chi connectivity index (χ3n) is 5.13. The summed E-state index contributed by atoms with van der Waals surface area (Å²) in [4.78, 5) is 24.8. The predicted octanol–water partition coefficient (Wildman–Crippen LogP) is 2.88. The molecule has 0 radical (unpaired) electrons. The zero-order valence-corrected chi connectivity index (χ0v) is 17.8. The summed E-state index contributed by atoms with van der Waals surface area (Å²) in [5.74, 6) is -0.883. The number of hydrogen-bond donors (Lipinski definition) is 3. The summed E-state index contributed by atoms with van der Waals surface area (Å²) >= 11 is 6.16. The standard InChI is InChI=1S/C21H22ClF2N5O3/c22-15-3-2-14(23)10-17(15)28-5-1-6-29(28)19(30)12-27-21(31)26-11-13-8-16(24)20-18(9-13)32-7-4-25-20/h2-3,8-10,25H,1,4-7,11-12H2,(H2,26,27,31). The average molecular weight is 466 g/mol. The molecule has 0 aliphatic carbocycles. The molecule has 0 spiro atoms. The van der Waals surface area contributed by atoms with E-state index in [-0.39, 0.29) is 19.0 Å². The third-order valence-corrected chi connectivity index (χ3v) is 5.45. The van der Waals surface area contributed by atoms with Crippen LogP contribution in [-0.2, 0) is 11.3 Å². The highest BCUT2D eigenvalue weighted by Crippen LogP contribution is 2.32. The normalized spacial score (nSPS) is 15.0. The van der Waals surface area contributed by atoms with Gasteiger partial charge in [0.05, 0.1) is 10.7 Å². The minimum absolute atomic E-state index is 0.0579. The van der Waals surface area contributed by atoms with Gasteiger partial charge in [0.25, 0.3) is 5.91 Å². The number of urea groups is 1. The van der Waals surface area contributed by atoms with Gasteiger partial charge in [-0.3, -0.25) is 14.8 Å². The second-order valence-corrected chi connectivity index (χ2v) is 7.76. The van der Waals surface area contributed by atoms with E-state index in [9.17, 15) is 18.4 Å². The maximum atomic E-state index is 14.2. The van der Waals surface area contributed by atoms with Crippen LogP contribution in [-0.4, -0.2) is 49.7 Å². The van der Waals surface area contributed by atoms with Crippen LogP contribution in [0.15, 0.2) is 30.3 Å². The first kappa shape index (κ1) is 21.9. The first-order valence-corrected chi connectivity index (χ1v) is 10.5. The molecule has 2 aromatic rings. The quantitative estimate of drug-likeness (QED) is 0.632. The van der Waals surface area contributed by atoms with Crippen molar-refractivity contribution >= 4 is 34.9 Å². The number of ether oxygens (including phenoxy) is 1. The summed E-state index contributed by atoms with van der Waals surface area (Å²) in [5, 5.41) is 11.4. The van der Waals surface area contributed by atoms with Crippen LogP contribution in [0.5, 0.6) is 5.75 Å². The highest BCUT2D eigenvalue weighted by Gasteiger charge is 2.28. The Morgan fingerprint density at radius 1 is 1.16 bits per heavy atom. The number of rotatable bonds is 5. The monoisotopic (exact) mass is 465 g/mol. The summed E-state index contributed by atoms with van der Waals surface area (Å²) < 4.78 is 33.2. The Hall–Kier alpha value is -3.27. The van der Waals surface area contributed by atoms with Crippen LogP contribution < -0.4 is 25.7 Å². The van der Waals surface area contributed by atoms with Crippen molar-refractivity contribution in [2.75, 3.05) is 43.1 Å². The van der Waals surface area contributed by atoms with E-state index in [0.717, 1.165) is 0 Å². The summed E-state index contributed by atoms with van der Waals surface area (Å²) in [6.07, 6.45) is 0.686. The number of amides is 3. The van der Waals surface area contributed by atoms with Crippen molar-refractivity contribution in [1.82, 2.24) is 15.6 Å². The molecule has 2 aliphatic rings. The van der Waals surface area contributed by atoms with Gasteiger partial charge in [-0.05, 0) is 36.2 Å². The van der Waals surface area contributed by atoms with Crippen LogP contribution in [0.4, 0.5) is 25.0 Å². The van der Waals surface area contributed by atoms with Crippen LogP contribution in [0.2, 0.25) is 5.02 Å². The number of anilines is 2. The fourth-order valence-corrected chi connectivity index (χ4v) is 3.87. The van der Waals surface area contributed by atoms with Gasteiger partial charge in [0.1, 0.15) is 36.2 Å². The van der Waals surface area contributed by atoms with E-state index < -0.39 is 17.7 Å². The lowest BCUT2D eigenvalue weighted by Crippen LogP contribution is -2.48. The molecule has 0 saturated carbocycles. The summed E-state index contributed by atoms with van der Waals surface area (Å²) in [6.45, 7) is 1.68. The van der Waals surface area contributed by atoms with E-state index in [1.807, 2.05) is 0 Å². The van der Waals surface area contributed by atoms with Crippen LogP contribution in [0.3, 0.4) is 0 Å². The fourth-order valence-electron chi connectivity index (χ4n) is 3.66. The molecule has 0 aromatic heterocycles. The molecule has 32 heavy (non-hydrogen) atoms. The first-order valence-electron chi connectivity index (χ1n) is 10.2. The molecule has 8 nitrogen and oxygen atoms in total. The second kappa shape index (κ2) is 9.47. The van der Waals surface area contributed by atoms with Crippen molar-refractivity contribution in [2.24, 2.45) is 0 Å². The molecular weight excluding hydrogens is 444 g/mol. The van der Waals surface area contributed by atoms with Gasteiger partial charge in [-0.1, -0.05) is 11.6 Å². The SMILES string of the molecule is O=C(NCC(=O)N1CCCN1c1cc(F)ccc1Cl)NCc1cc(F)c2c(c1)OCCN2. The van der Waals surface area contributed by atoms with Gasteiger partial charge in [-0.15, -0.1) is 0 Å². The van der Waals surface area contributed by atoms with Crippen molar-refractivity contribution in [3.8, 4) is 5.75 Å². The minimum atomic E-state index is -0.579. The minimum Gasteiger partial charge on any atom is -0.489 e. The fraction of sp³-hybridized carbons (Fsp3) is 0.333. The molecular formula is C21H22ClF2N5O3. The van der Waals surface area contributed by atoms with E-state index >= 15 is 0 Å². The number of benzene rings is 2. The number of halogens is 3. The number of fused-ring (bicyclic) bond motifs is 1. The van der Waals surface area contributed by atoms with Gasteiger partial charge in [0, 0.05) is 32.2 Å². The largest absolute Gasteiger partial charge is 0.489 e. The Bertz CT molecular complexity index is 1040. The number of carbonyl (C=O) groups excluding carboxylic acids is 2. The molecule has 2 heterocycles. The Morgan fingerprint density at radius 2 is 2.00 bits per heavy atom. The molecule has 0 bridgehead atoms. The summed E-state index contributed by atoms with van der Waals surface area (Å²) in [5.41, 5.74) is 1.23. The van der Waals surface area contributed by atoms with Crippen molar-refractivity contribution in [2.45, 2.75) is 13.0 Å². The van der Waals surface area contributed by atoms with E-state index in [0.29, 0.717) is 60.4 Å². The smallest absolute Gasteiger partial charge is 0.315 e. The van der Waals surface area contributed by atoms with Gasteiger partial charge in [-0.25, -0.2) is 13.6 Å². The number of nitrogens with one attached hydrogen (secondary N) is 3. The van der Waals surface area contributed by atoms with Gasteiger partial charge in [-0.2, -0.15) is 0 Å². The second-order valence-electron chi connectivity index (χ2n) is 7.35. The van der Waals surface area contributed by atoms with Crippen molar-refractivity contribution < 1.29 is 23.1 Å². The van der Waals surface area contributed by atoms with E-state index in [2.05, 4.69) is 16.0 Å². The van der Waals surface area contributed by atoms with Crippen LogP contribution >= 0.6 is 11.6 Å². The molecule has 3 N–H and O–H groups in total. The average Bonchev–Trinajstić information content (AvgIpc) is 3.27. The highest BCUT2D eigenvalue weighted by atomic mass is 35.5. The number of nitrogens with zero attached hydrogens (tertiary/aromatic N) is 2. The van der Waals surface area contributed by atoms with Crippen molar-refractivity contribution in [3.63, 3.8) is 0 Å². The zero-order chi connectivity index (χ0) is 22.7. The number of hydrazine groups is 1. The Balaban J connectivity index is 1.30. The lowest BCUT2D eigenvalue weighted by Gasteiger charge is -2.30. The predicted molar refractivity (Wildman–Crippen MR) is 116 cm³/mol. The molecule has 0 atom stereocenters. The maximum Gasteiger partial charge on any atom is 0.315 e. The van der Waals surface area contributed by atoms with E-state index in [1.165, 1.54) is 29.3 Å². The van der Waals surface area contributed by atoms with Gasteiger partial charge in [0.15, 0.2) is 0 Å².